The molecule has 1 atom stereocenters. The van der Waals surface area contributed by atoms with Gasteiger partial charge in [-0.05, 0) is 79.4 Å². The number of sulfonamides is 1. The van der Waals surface area contributed by atoms with E-state index in [2.05, 4.69) is 21.2 Å². The van der Waals surface area contributed by atoms with Gasteiger partial charge in [0.2, 0.25) is 11.8 Å². The highest BCUT2D eigenvalue weighted by Crippen LogP contribution is 2.27. The van der Waals surface area contributed by atoms with E-state index in [1.165, 1.54) is 17.0 Å². The van der Waals surface area contributed by atoms with E-state index in [-0.39, 0.29) is 29.8 Å². The van der Waals surface area contributed by atoms with Crippen LogP contribution < -0.4 is 14.4 Å². The normalized spacial score (nSPS) is 14.1. The first-order valence-corrected chi connectivity index (χ1v) is 18.7. The molecule has 1 aliphatic rings. The van der Waals surface area contributed by atoms with Crippen LogP contribution in [-0.2, 0) is 32.6 Å². The molecule has 0 unspecified atom stereocenters. The Morgan fingerprint density at radius 3 is 2.15 bits per heavy atom. The van der Waals surface area contributed by atoms with Gasteiger partial charge in [0.25, 0.3) is 10.0 Å². The molecule has 0 aromatic heterocycles. The summed E-state index contributed by atoms with van der Waals surface area (Å²) in [4.78, 5) is 30.5. The molecule has 5 rings (SSSR count). The van der Waals surface area contributed by atoms with Gasteiger partial charge in [0, 0.05) is 23.5 Å². The van der Waals surface area contributed by atoms with Gasteiger partial charge in [0.05, 0.1) is 17.2 Å². The minimum atomic E-state index is -4.18. The van der Waals surface area contributed by atoms with E-state index >= 15 is 0 Å². The molecule has 2 amide bonds. The molecule has 4 aromatic carbocycles. The van der Waals surface area contributed by atoms with Gasteiger partial charge in [0.1, 0.15) is 18.3 Å². The molecule has 1 fully saturated rings. The van der Waals surface area contributed by atoms with Crippen LogP contribution in [0.15, 0.2) is 119 Å². The van der Waals surface area contributed by atoms with Crippen molar-refractivity contribution in [2.24, 2.45) is 0 Å². The number of ether oxygens (including phenoxy) is 1. The van der Waals surface area contributed by atoms with Crippen molar-refractivity contribution in [1.29, 1.82) is 0 Å². The average Bonchev–Trinajstić information content (AvgIpc) is 3.10. The summed E-state index contributed by atoms with van der Waals surface area (Å²) in [7, 11) is -4.18. The fourth-order valence-electron chi connectivity index (χ4n) is 6.05. The lowest BCUT2D eigenvalue weighted by Gasteiger charge is -2.35. The standard InChI is InChI=1S/C38H42BrN3O5S/c1-2-47-34-23-21-33(22-24-34)42(48(45,46)35-19-10-5-11-20-35)28-37(43)41(27-30-15-12-16-31(39)25-30)36(26-29-13-6-3-7-14-29)38(44)40-32-17-8-4-9-18-32/h3,5-7,10-16,19-25,32,36H,2,4,8-9,17-18,26-28H2,1H3,(H,40,44)/t36-/m1/s1. The van der Waals surface area contributed by atoms with Crippen molar-refractivity contribution in [2.45, 2.75) is 69.0 Å². The zero-order valence-electron chi connectivity index (χ0n) is 27.1. The smallest absolute Gasteiger partial charge is 0.264 e. The second-order valence-electron chi connectivity index (χ2n) is 12.0. The Morgan fingerprint density at radius 2 is 1.50 bits per heavy atom. The summed E-state index contributed by atoms with van der Waals surface area (Å²) in [5.74, 6) is -0.154. The molecule has 48 heavy (non-hydrogen) atoms. The maximum Gasteiger partial charge on any atom is 0.264 e. The second-order valence-corrected chi connectivity index (χ2v) is 14.7. The highest BCUT2D eigenvalue weighted by molar-refractivity contribution is 9.10. The monoisotopic (exact) mass is 731 g/mol. The van der Waals surface area contributed by atoms with Crippen LogP contribution in [0.4, 0.5) is 5.69 Å². The number of rotatable bonds is 14. The van der Waals surface area contributed by atoms with Gasteiger partial charge in [-0.2, -0.15) is 0 Å². The van der Waals surface area contributed by atoms with Crippen molar-refractivity contribution in [3.63, 3.8) is 0 Å². The molecule has 1 N–H and O–H groups in total. The van der Waals surface area contributed by atoms with Crippen molar-refractivity contribution in [3.05, 3.63) is 125 Å². The fraction of sp³-hybridized carbons (Fsp3) is 0.316. The van der Waals surface area contributed by atoms with E-state index in [0.717, 1.165) is 52.0 Å². The number of hydrogen-bond acceptors (Lipinski definition) is 5. The molecule has 1 aliphatic carbocycles. The highest BCUT2D eigenvalue weighted by atomic mass is 79.9. The van der Waals surface area contributed by atoms with E-state index < -0.39 is 28.5 Å². The summed E-state index contributed by atoms with van der Waals surface area (Å²) in [6.07, 6.45) is 5.29. The molecule has 0 heterocycles. The first kappa shape index (κ1) is 35.2. The Bertz CT molecular complexity index is 1750. The zero-order chi connectivity index (χ0) is 33.9. The largest absolute Gasteiger partial charge is 0.494 e. The quantitative estimate of drug-likeness (QED) is 0.149. The van der Waals surface area contributed by atoms with Gasteiger partial charge in [-0.25, -0.2) is 8.42 Å². The summed E-state index contributed by atoms with van der Waals surface area (Å²) in [5.41, 5.74) is 2.01. The van der Waals surface area contributed by atoms with Crippen LogP contribution in [0.25, 0.3) is 0 Å². The molecule has 0 bridgehead atoms. The van der Waals surface area contributed by atoms with Gasteiger partial charge in [0.15, 0.2) is 0 Å². The van der Waals surface area contributed by atoms with Crippen LogP contribution in [0.1, 0.15) is 50.2 Å². The molecule has 252 valence electrons. The zero-order valence-corrected chi connectivity index (χ0v) is 29.5. The van der Waals surface area contributed by atoms with Gasteiger partial charge in [-0.15, -0.1) is 0 Å². The molecule has 0 radical (unpaired) electrons. The van der Waals surface area contributed by atoms with Gasteiger partial charge >= 0.3 is 0 Å². The van der Waals surface area contributed by atoms with Crippen molar-refractivity contribution in [2.75, 3.05) is 17.5 Å². The number of nitrogens with one attached hydrogen (secondary N) is 1. The topological polar surface area (TPSA) is 96.0 Å². The molecule has 1 saturated carbocycles. The number of nitrogens with zero attached hydrogens (tertiary/aromatic N) is 2. The first-order chi connectivity index (χ1) is 23.2. The fourth-order valence-corrected chi connectivity index (χ4v) is 7.94. The summed E-state index contributed by atoms with van der Waals surface area (Å²) in [5, 5.41) is 3.24. The Labute approximate surface area is 292 Å². The molecule has 0 spiro atoms. The third-order valence-electron chi connectivity index (χ3n) is 8.51. The number of hydrogen-bond donors (Lipinski definition) is 1. The van der Waals surface area contributed by atoms with Gasteiger partial charge in [-0.3, -0.25) is 13.9 Å². The lowest BCUT2D eigenvalue weighted by atomic mass is 9.94. The van der Waals surface area contributed by atoms with E-state index in [1.54, 1.807) is 42.5 Å². The maximum absolute atomic E-state index is 14.7. The minimum Gasteiger partial charge on any atom is -0.494 e. The summed E-state index contributed by atoms with van der Waals surface area (Å²) < 4.78 is 35.9. The predicted octanol–water partition coefficient (Wildman–Crippen LogP) is 7.13. The molecule has 10 heteroatoms. The lowest BCUT2D eigenvalue weighted by Crippen LogP contribution is -2.55. The third-order valence-corrected chi connectivity index (χ3v) is 10.8. The molecular formula is C38H42BrN3O5S. The van der Waals surface area contributed by atoms with Crippen LogP contribution in [0, 0.1) is 0 Å². The van der Waals surface area contributed by atoms with Crippen molar-refractivity contribution < 1.29 is 22.7 Å². The lowest BCUT2D eigenvalue weighted by molar-refractivity contribution is -0.140. The van der Waals surface area contributed by atoms with E-state index in [1.807, 2.05) is 61.5 Å². The SMILES string of the molecule is CCOc1ccc(N(CC(=O)N(Cc2cccc(Br)c2)[C@H](Cc2ccccc2)C(=O)NC2CCCCC2)S(=O)(=O)c2ccccc2)cc1. The summed E-state index contributed by atoms with van der Waals surface area (Å²) >= 11 is 3.53. The van der Waals surface area contributed by atoms with Crippen molar-refractivity contribution >= 4 is 43.5 Å². The van der Waals surface area contributed by atoms with Crippen molar-refractivity contribution in [3.8, 4) is 5.75 Å². The van der Waals surface area contributed by atoms with Crippen LogP contribution in [0.3, 0.4) is 0 Å². The highest BCUT2D eigenvalue weighted by Gasteiger charge is 2.35. The number of halogens is 1. The summed E-state index contributed by atoms with van der Waals surface area (Å²) in [6, 6.07) is 31.0. The van der Waals surface area contributed by atoms with E-state index in [9.17, 15) is 18.0 Å². The number of amides is 2. The molecule has 0 aliphatic heterocycles. The van der Waals surface area contributed by atoms with E-state index in [4.69, 9.17) is 4.74 Å². The predicted molar refractivity (Wildman–Crippen MR) is 192 cm³/mol. The number of benzene rings is 4. The summed E-state index contributed by atoms with van der Waals surface area (Å²) in [6.45, 7) is 1.92. The maximum atomic E-state index is 14.7. The van der Waals surface area contributed by atoms with Crippen LogP contribution >= 0.6 is 15.9 Å². The second kappa shape index (κ2) is 16.8. The van der Waals surface area contributed by atoms with Gasteiger partial charge < -0.3 is 15.0 Å². The van der Waals surface area contributed by atoms with Crippen LogP contribution in [0.2, 0.25) is 0 Å². The number of anilines is 1. The average molecular weight is 733 g/mol. The van der Waals surface area contributed by atoms with Crippen LogP contribution in [0.5, 0.6) is 5.75 Å². The Kier molecular flexibility index (Phi) is 12.3. The Hall–Kier alpha value is -4.15. The first-order valence-electron chi connectivity index (χ1n) is 16.4. The van der Waals surface area contributed by atoms with Gasteiger partial charge in [-0.1, -0.05) is 95.9 Å². The number of carbonyl (C=O) groups excluding carboxylic acids is 2. The van der Waals surface area contributed by atoms with Crippen molar-refractivity contribution in [1.82, 2.24) is 10.2 Å². The molecule has 4 aromatic rings. The minimum absolute atomic E-state index is 0.0335. The molecule has 8 nitrogen and oxygen atoms in total. The molecular weight excluding hydrogens is 690 g/mol. The Balaban J connectivity index is 1.55. The van der Waals surface area contributed by atoms with E-state index in [0.29, 0.717) is 18.0 Å². The Morgan fingerprint density at radius 1 is 0.854 bits per heavy atom. The third kappa shape index (κ3) is 9.26. The molecule has 0 saturated heterocycles. The van der Waals surface area contributed by atoms with Crippen LogP contribution in [-0.4, -0.2) is 50.4 Å². The number of carbonyl (C=O) groups is 2.